The second-order valence-corrected chi connectivity index (χ2v) is 6.38. The molecule has 0 aliphatic heterocycles. The lowest BCUT2D eigenvalue weighted by Gasteiger charge is -2.16. The monoisotopic (exact) mass is 314 g/mol. The van der Waals surface area contributed by atoms with Gasteiger partial charge < -0.3 is 4.74 Å². The van der Waals surface area contributed by atoms with Crippen molar-refractivity contribution in [1.29, 1.82) is 0 Å². The molecule has 1 N–H and O–H groups in total. The van der Waals surface area contributed by atoms with E-state index < -0.39 is 5.69 Å². The summed E-state index contributed by atoms with van der Waals surface area (Å²) in [5.74, 6) is 1.55. The van der Waals surface area contributed by atoms with Crippen LogP contribution < -0.4 is 16.0 Å². The van der Waals surface area contributed by atoms with E-state index in [2.05, 4.69) is 11.1 Å². The van der Waals surface area contributed by atoms with Crippen LogP contribution in [0.5, 0.6) is 11.6 Å². The minimum Gasteiger partial charge on any atom is -0.440 e. The first-order valence-corrected chi connectivity index (χ1v) is 8.10. The van der Waals surface area contributed by atoms with Gasteiger partial charge in [0.2, 0.25) is 5.88 Å². The van der Waals surface area contributed by atoms with Gasteiger partial charge >= 0.3 is 5.69 Å². The molecule has 1 saturated carbocycles. The molecule has 1 fully saturated rings. The molecule has 3 rings (SSSR count). The van der Waals surface area contributed by atoms with Gasteiger partial charge in [0.1, 0.15) is 5.75 Å². The first-order chi connectivity index (χ1) is 11.0. The number of nitrogens with one attached hydrogen (secondary N) is 1. The van der Waals surface area contributed by atoms with E-state index in [0.717, 1.165) is 24.0 Å². The number of hydrogen-bond donors (Lipinski definition) is 1. The van der Waals surface area contributed by atoms with Crippen molar-refractivity contribution in [2.45, 2.75) is 46.6 Å². The van der Waals surface area contributed by atoms with Gasteiger partial charge in [-0.2, -0.15) is 0 Å². The molecular formula is C18H22N2O3. The van der Waals surface area contributed by atoms with Crippen LogP contribution in [0.4, 0.5) is 0 Å². The Morgan fingerprint density at radius 1 is 1.17 bits per heavy atom. The third-order valence-electron chi connectivity index (χ3n) is 4.14. The van der Waals surface area contributed by atoms with Gasteiger partial charge in [-0.25, -0.2) is 4.79 Å². The minimum atomic E-state index is -0.390. The summed E-state index contributed by atoms with van der Waals surface area (Å²) < 4.78 is 7.61. The van der Waals surface area contributed by atoms with Crippen molar-refractivity contribution in [3.63, 3.8) is 0 Å². The Morgan fingerprint density at radius 3 is 2.39 bits per heavy atom. The summed E-state index contributed by atoms with van der Waals surface area (Å²) in [7, 11) is 0. The van der Waals surface area contributed by atoms with Crippen LogP contribution in [0.25, 0.3) is 0 Å². The highest BCUT2D eigenvalue weighted by molar-refractivity contribution is 5.37. The van der Waals surface area contributed by atoms with Gasteiger partial charge in [0.15, 0.2) is 0 Å². The second-order valence-electron chi connectivity index (χ2n) is 6.38. The highest BCUT2D eigenvalue weighted by Gasteiger charge is 2.25. The summed E-state index contributed by atoms with van der Waals surface area (Å²) in [6.07, 6.45) is 2.76. The number of H-pyrrole nitrogens is 1. The van der Waals surface area contributed by atoms with E-state index in [0.29, 0.717) is 36.1 Å². The summed E-state index contributed by atoms with van der Waals surface area (Å²) in [5, 5.41) is 0. The van der Waals surface area contributed by atoms with E-state index in [9.17, 15) is 9.59 Å². The molecule has 0 radical (unpaired) electrons. The molecule has 0 amide bonds. The highest BCUT2D eigenvalue weighted by atomic mass is 16.5. The SMILES string of the molecule is CCc1c(Oc2cc(C)cc(C)c2)n(CC2CC2)c(=O)[nH]c1=O. The van der Waals surface area contributed by atoms with Crippen LogP contribution in [-0.2, 0) is 13.0 Å². The molecule has 1 aromatic heterocycles. The van der Waals surface area contributed by atoms with Crippen LogP contribution in [0, 0.1) is 19.8 Å². The average molecular weight is 314 g/mol. The number of aromatic amines is 1. The van der Waals surface area contributed by atoms with Crippen molar-refractivity contribution < 1.29 is 4.74 Å². The van der Waals surface area contributed by atoms with Gasteiger partial charge in [-0.05, 0) is 62.3 Å². The average Bonchev–Trinajstić information content (AvgIpc) is 3.26. The van der Waals surface area contributed by atoms with Crippen LogP contribution in [0.2, 0.25) is 0 Å². The lowest BCUT2D eigenvalue weighted by Crippen LogP contribution is -2.33. The van der Waals surface area contributed by atoms with Gasteiger partial charge in [-0.15, -0.1) is 0 Å². The number of hydrogen-bond acceptors (Lipinski definition) is 3. The molecule has 0 unspecified atom stereocenters. The molecule has 5 nitrogen and oxygen atoms in total. The maximum absolute atomic E-state index is 12.2. The summed E-state index contributed by atoms with van der Waals surface area (Å²) in [6.45, 7) is 6.49. The van der Waals surface area contributed by atoms with Gasteiger partial charge in [0, 0.05) is 6.54 Å². The summed E-state index contributed by atoms with van der Waals surface area (Å²) in [5.41, 5.74) is 1.93. The fraction of sp³-hybridized carbons (Fsp3) is 0.444. The maximum atomic E-state index is 12.2. The predicted octanol–water partition coefficient (Wildman–Crippen LogP) is 2.92. The van der Waals surface area contributed by atoms with Crippen molar-refractivity contribution in [3.05, 3.63) is 55.7 Å². The molecule has 0 bridgehead atoms. The van der Waals surface area contributed by atoms with E-state index in [1.165, 1.54) is 0 Å². The van der Waals surface area contributed by atoms with Crippen molar-refractivity contribution in [1.82, 2.24) is 9.55 Å². The van der Waals surface area contributed by atoms with Crippen LogP contribution in [-0.4, -0.2) is 9.55 Å². The molecule has 1 aliphatic carbocycles. The molecule has 23 heavy (non-hydrogen) atoms. The van der Waals surface area contributed by atoms with Crippen LogP contribution in [0.3, 0.4) is 0 Å². The molecule has 1 aromatic carbocycles. The number of rotatable bonds is 5. The fourth-order valence-corrected chi connectivity index (χ4v) is 2.85. The summed E-state index contributed by atoms with van der Waals surface area (Å²) in [4.78, 5) is 26.8. The zero-order valence-electron chi connectivity index (χ0n) is 13.8. The van der Waals surface area contributed by atoms with E-state index in [-0.39, 0.29) is 5.56 Å². The predicted molar refractivity (Wildman–Crippen MR) is 89.4 cm³/mol. The van der Waals surface area contributed by atoms with Crippen LogP contribution >= 0.6 is 0 Å². The lowest BCUT2D eigenvalue weighted by atomic mass is 10.1. The first-order valence-electron chi connectivity index (χ1n) is 8.10. The van der Waals surface area contributed by atoms with Crippen LogP contribution in [0.15, 0.2) is 27.8 Å². The molecule has 2 aromatic rings. The quantitative estimate of drug-likeness (QED) is 0.923. The molecule has 1 heterocycles. The Hall–Kier alpha value is -2.30. The standard InChI is InChI=1S/C18H22N2O3/c1-4-15-16(21)19-18(22)20(10-13-5-6-13)17(15)23-14-8-11(2)7-12(3)9-14/h7-9,13H,4-6,10H2,1-3H3,(H,19,21,22). The maximum Gasteiger partial charge on any atom is 0.331 e. The Balaban J connectivity index is 2.10. The Labute approximate surface area is 134 Å². The molecule has 0 saturated heterocycles. The van der Waals surface area contributed by atoms with Gasteiger partial charge in [0.25, 0.3) is 5.56 Å². The van der Waals surface area contributed by atoms with Gasteiger partial charge in [-0.1, -0.05) is 13.0 Å². The molecule has 1 aliphatic rings. The third kappa shape index (κ3) is 3.38. The van der Waals surface area contributed by atoms with E-state index in [1.807, 2.05) is 32.9 Å². The minimum absolute atomic E-state index is 0.357. The zero-order valence-corrected chi connectivity index (χ0v) is 13.8. The number of nitrogens with zero attached hydrogens (tertiary/aromatic N) is 1. The number of aryl methyl sites for hydroxylation is 2. The smallest absolute Gasteiger partial charge is 0.331 e. The Bertz CT molecular complexity index is 824. The molecule has 0 atom stereocenters. The zero-order chi connectivity index (χ0) is 16.6. The number of aromatic nitrogens is 2. The molecule has 0 spiro atoms. The summed E-state index contributed by atoms with van der Waals surface area (Å²) >= 11 is 0. The van der Waals surface area contributed by atoms with Gasteiger partial charge in [-0.3, -0.25) is 14.3 Å². The number of ether oxygens (including phenoxy) is 1. The molecule has 5 heteroatoms. The van der Waals surface area contributed by atoms with E-state index in [4.69, 9.17) is 4.74 Å². The lowest BCUT2D eigenvalue weighted by molar-refractivity contribution is 0.397. The van der Waals surface area contributed by atoms with Gasteiger partial charge in [0.05, 0.1) is 5.56 Å². The first kappa shape index (κ1) is 15.6. The second kappa shape index (κ2) is 6.07. The topological polar surface area (TPSA) is 64.1 Å². The normalized spacial score (nSPS) is 14.0. The third-order valence-corrected chi connectivity index (χ3v) is 4.14. The van der Waals surface area contributed by atoms with E-state index in [1.54, 1.807) is 4.57 Å². The van der Waals surface area contributed by atoms with Crippen molar-refractivity contribution >= 4 is 0 Å². The number of benzene rings is 1. The van der Waals surface area contributed by atoms with E-state index >= 15 is 0 Å². The van der Waals surface area contributed by atoms with Crippen molar-refractivity contribution in [2.75, 3.05) is 0 Å². The van der Waals surface area contributed by atoms with Crippen molar-refractivity contribution in [3.8, 4) is 11.6 Å². The van der Waals surface area contributed by atoms with Crippen LogP contribution in [0.1, 0.15) is 36.5 Å². The Morgan fingerprint density at radius 2 is 1.83 bits per heavy atom. The fourth-order valence-electron chi connectivity index (χ4n) is 2.85. The van der Waals surface area contributed by atoms with Crippen molar-refractivity contribution in [2.24, 2.45) is 5.92 Å². The molecule has 122 valence electrons. The highest BCUT2D eigenvalue weighted by Crippen LogP contribution is 2.32. The molecular weight excluding hydrogens is 292 g/mol. The summed E-state index contributed by atoms with van der Waals surface area (Å²) in [6, 6.07) is 5.89. The largest absolute Gasteiger partial charge is 0.440 e. The Kier molecular flexibility index (Phi) is 4.11.